The lowest BCUT2D eigenvalue weighted by atomic mass is 9.95. The highest BCUT2D eigenvalue weighted by molar-refractivity contribution is 5.28. The van der Waals surface area contributed by atoms with Crippen molar-refractivity contribution >= 4 is 0 Å². The first kappa shape index (κ1) is 13.0. The molecule has 2 unspecified atom stereocenters. The molecular weight excluding hydrogens is 243 g/mol. The highest BCUT2D eigenvalue weighted by Crippen LogP contribution is 2.39. The zero-order valence-corrected chi connectivity index (χ0v) is 11.3. The second-order valence-electron chi connectivity index (χ2n) is 5.58. The number of aryl methyl sites for hydroxylation is 1. The summed E-state index contributed by atoms with van der Waals surface area (Å²) in [6, 6.07) is 5.85. The first-order valence-electron chi connectivity index (χ1n) is 7.04. The predicted molar refractivity (Wildman–Crippen MR) is 72.4 cm³/mol. The average molecular weight is 264 g/mol. The highest BCUT2D eigenvalue weighted by Gasteiger charge is 2.41. The highest BCUT2D eigenvalue weighted by atomic mass is 19.1. The summed E-state index contributed by atoms with van der Waals surface area (Å²) in [7, 11) is 0. The van der Waals surface area contributed by atoms with E-state index < -0.39 is 0 Å². The maximum Gasteiger partial charge on any atom is 0.128 e. The third-order valence-corrected chi connectivity index (χ3v) is 4.11. The molecule has 0 bridgehead atoms. The number of nitrogens with zero attached hydrogens (tertiary/aromatic N) is 1. The van der Waals surface area contributed by atoms with E-state index in [1.54, 1.807) is 12.1 Å². The van der Waals surface area contributed by atoms with E-state index in [9.17, 15) is 4.39 Å². The third kappa shape index (κ3) is 2.53. The Bertz CT molecular complexity index is 461. The van der Waals surface area contributed by atoms with E-state index in [0.717, 1.165) is 17.7 Å². The topological polar surface area (TPSA) is 38.5 Å². The first-order valence-corrected chi connectivity index (χ1v) is 7.04. The van der Waals surface area contributed by atoms with Crippen molar-refractivity contribution in [1.29, 1.82) is 0 Å². The van der Waals surface area contributed by atoms with Crippen LogP contribution < -0.4 is 5.73 Å². The van der Waals surface area contributed by atoms with Gasteiger partial charge in [0.1, 0.15) is 5.82 Å². The smallest absolute Gasteiger partial charge is 0.128 e. The molecule has 1 saturated heterocycles. The van der Waals surface area contributed by atoms with Gasteiger partial charge in [0.15, 0.2) is 0 Å². The van der Waals surface area contributed by atoms with Crippen LogP contribution in [0.1, 0.15) is 30.0 Å². The van der Waals surface area contributed by atoms with E-state index in [0.29, 0.717) is 19.2 Å². The predicted octanol–water partition coefficient (Wildman–Crippen LogP) is 2.00. The minimum absolute atomic E-state index is 0.0360. The molecule has 104 valence electrons. The molecule has 1 aliphatic carbocycles. The normalized spacial score (nSPS) is 28.6. The maximum absolute atomic E-state index is 14.2. The van der Waals surface area contributed by atoms with E-state index in [4.69, 9.17) is 10.5 Å². The molecule has 1 aromatic rings. The zero-order chi connectivity index (χ0) is 13.4. The molecule has 0 aromatic heterocycles. The van der Waals surface area contributed by atoms with Crippen molar-refractivity contribution in [3.8, 4) is 0 Å². The van der Waals surface area contributed by atoms with Crippen molar-refractivity contribution < 1.29 is 9.13 Å². The van der Waals surface area contributed by atoms with Gasteiger partial charge in [-0.3, -0.25) is 4.90 Å². The van der Waals surface area contributed by atoms with Gasteiger partial charge in [-0.2, -0.15) is 0 Å². The number of nitrogens with two attached hydrogens (primary N) is 1. The Morgan fingerprint density at radius 3 is 2.89 bits per heavy atom. The van der Waals surface area contributed by atoms with E-state index in [2.05, 4.69) is 4.90 Å². The molecule has 19 heavy (non-hydrogen) atoms. The van der Waals surface area contributed by atoms with E-state index >= 15 is 0 Å². The summed E-state index contributed by atoms with van der Waals surface area (Å²) in [6.07, 6.45) is 2.31. The van der Waals surface area contributed by atoms with Gasteiger partial charge in [0.25, 0.3) is 0 Å². The number of hydrogen-bond donors (Lipinski definition) is 1. The molecule has 0 spiro atoms. The van der Waals surface area contributed by atoms with Crippen LogP contribution in [0.3, 0.4) is 0 Å². The monoisotopic (exact) mass is 264 g/mol. The molecule has 1 aromatic carbocycles. The fraction of sp³-hybridized carbons (Fsp3) is 0.600. The molecule has 1 saturated carbocycles. The van der Waals surface area contributed by atoms with Crippen molar-refractivity contribution in [2.75, 3.05) is 19.7 Å². The lowest BCUT2D eigenvalue weighted by Gasteiger charge is -2.41. The number of benzene rings is 1. The van der Waals surface area contributed by atoms with Gasteiger partial charge in [0, 0.05) is 24.7 Å². The molecule has 2 aliphatic rings. The van der Waals surface area contributed by atoms with Crippen LogP contribution in [0.2, 0.25) is 0 Å². The van der Waals surface area contributed by atoms with E-state index in [1.807, 2.05) is 13.0 Å². The van der Waals surface area contributed by atoms with Gasteiger partial charge >= 0.3 is 0 Å². The van der Waals surface area contributed by atoms with Crippen LogP contribution in [0.15, 0.2) is 18.2 Å². The van der Waals surface area contributed by atoms with Crippen molar-refractivity contribution in [2.24, 2.45) is 5.73 Å². The molecule has 0 radical (unpaired) electrons. The standard InChI is InChI=1S/C15H21FN2O/c1-10-2-5-13(16)12(8-10)15-14(9-17)19-7-6-18(15)11-3-4-11/h2,5,8,11,14-15H,3-4,6-7,9,17H2,1H3. The van der Waals surface area contributed by atoms with Gasteiger partial charge in [0.2, 0.25) is 0 Å². The average Bonchev–Trinajstić information content (AvgIpc) is 3.25. The second kappa shape index (κ2) is 5.19. The van der Waals surface area contributed by atoms with Crippen LogP contribution >= 0.6 is 0 Å². The van der Waals surface area contributed by atoms with Crippen LogP contribution in [0.5, 0.6) is 0 Å². The Morgan fingerprint density at radius 1 is 1.42 bits per heavy atom. The molecule has 3 rings (SSSR count). The Morgan fingerprint density at radius 2 is 2.21 bits per heavy atom. The van der Waals surface area contributed by atoms with E-state index in [-0.39, 0.29) is 18.0 Å². The fourth-order valence-corrected chi connectivity index (χ4v) is 3.03. The first-order chi connectivity index (χ1) is 9.20. The summed E-state index contributed by atoms with van der Waals surface area (Å²) in [6.45, 7) is 3.99. The second-order valence-corrected chi connectivity index (χ2v) is 5.58. The molecule has 2 atom stereocenters. The molecule has 4 heteroatoms. The van der Waals surface area contributed by atoms with Gasteiger partial charge in [-0.1, -0.05) is 17.7 Å². The number of hydrogen-bond acceptors (Lipinski definition) is 3. The zero-order valence-electron chi connectivity index (χ0n) is 11.3. The van der Waals surface area contributed by atoms with Crippen molar-refractivity contribution in [1.82, 2.24) is 4.90 Å². The quantitative estimate of drug-likeness (QED) is 0.907. The molecule has 1 heterocycles. The Labute approximate surface area is 113 Å². The molecule has 0 amide bonds. The number of halogens is 1. The van der Waals surface area contributed by atoms with Gasteiger partial charge in [-0.25, -0.2) is 4.39 Å². The lowest BCUT2D eigenvalue weighted by molar-refractivity contribution is -0.0722. The van der Waals surface area contributed by atoms with Crippen LogP contribution in [0, 0.1) is 12.7 Å². The minimum Gasteiger partial charge on any atom is -0.374 e. The Hall–Kier alpha value is -0.970. The SMILES string of the molecule is Cc1ccc(F)c(C2C(CN)OCCN2C2CC2)c1. The molecule has 2 N–H and O–H groups in total. The van der Waals surface area contributed by atoms with E-state index in [1.165, 1.54) is 12.8 Å². The van der Waals surface area contributed by atoms with Crippen molar-refractivity contribution in [3.63, 3.8) is 0 Å². The fourth-order valence-electron chi connectivity index (χ4n) is 3.03. The Kier molecular flexibility index (Phi) is 3.56. The molecule has 3 nitrogen and oxygen atoms in total. The van der Waals surface area contributed by atoms with Gasteiger partial charge in [-0.05, 0) is 25.8 Å². The molecule has 2 fully saturated rings. The summed E-state index contributed by atoms with van der Waals surface area (Å²) in [5.41, 5.74) is 7.64. The number of morpholine rings is 1. The Balaban J connectivity index is 1.97. The minimum atomic E-state index is -0.148. The van der Waals surface area contributed by atoms with Crippen LogP contribution in [0.25, 0.3) is 0 Å². The lowest BCUT2D eigenvalue weighted by Crippen LogP contribution is -2.49. The maximum atomic E-state index is 14.2. The summed E-state index contributed by atoms with van der Waals surface area (Å²) in [5.74, 6) is -0.148. The molecular formula is C15H21FN2O. The third-order valence-electron chi connectivity index (χ3n) is 4.11. The van der Waals surface area contributed by atoms with Crippen LogP contribution in [0.4, 0.5) is 4.39 Å². The van der Waals surface area contributed by atoms with Crippen molar-refractivity contribution in [3.05, 3.63) is 35.1 Å². The summed E-state index contributed by atoms with van der Waals surface area (Å²) in [4.78, 5) is 2.39. The van der Waals surface area contributed by atoms with Crippen LogP contribution in [-0.2, 0) is 4.74 Å². The summed E-state index contributed by atoms with van der Waals surface area (Å²) in [5, 5.41) is 0. The number of ether oxygens (including phenoxy) is 1. The van der Waals surface area contributed by atoms with Crippen molar-refractivity contribution in [2.45, 2.75) is 38.0 Å². The largest absolute Gasteiger partial charge is 0.374 e. The summed E-state index contributed by atoms with van der Waals surface area (Å²) >= 11 is 0. The number of rotatable bonds is 3. The molecule has 1 aliphatic heterocycles. The van der Waals surface area contributed by atoms with Gasteiger partial charge in [0.05, 0.1) is 18.8 Å². The summed E-state index contributed by atoms with van der Waals surface area (Å²) < 4.78 is 20.0. The van der Waals surface area contributed by atoms with Gasteiger partial charge < -0.3 is 10.5 Å². The van der Waals surface area contributed by atoms with Crippen LogP contribution in [-0.4, -0.2) is 36.7 Å². The van der Waals surface area contributed by atoms with Gasteiger partial charge in [-0.15, -0.1) is 0 Å².